The van der Waals surface area contributed by atoms with Crippen molar-refractivity contribution in [1.29, 1.82) is 0 Å². The van der Waals surface area contributed by atoms with Crippen LogP contribution in [-0.2, 0) is 24.2 Å². The molecule has 1 saturated carbocycles. The summed E-state index contributed by atoms with van der Waals surface area (Å²) >= 11 is 1.87. The molecule has 33 heavy (non-hydrogen) atoms. The van der Waals surface area contributed by atoms with Crippen molar-refractivity contribution in [2.24, 2.45) is 11.7 Å². The molecular formula is C25H30N6OS. The van der Waals surface area contributed by atoms with Crippen LogP contribution in [0.4, 0.5) is 11.6 Å². The van der Waals surface area contributed by atoms with Gasteiger partial charge in [0.05, 0.1) is 5.39 Å². The summed E-state index contributed by atoms with van der Waals surface area (Å²) in [6.45, 7) is 2.28. The molecule has 8 heteroatoms. The number of aromatic nitrogens is 3. The first-order chi connectivity index (χ1) is 16.2. The number of hydrogen-bond acceptors (Lipinski definition) is 7. The van der Waals surface area contributed by atoms with E-state index in [0.717, 1.165) is 60.2 Å². The van der Waals surface area contributed by atoms with Crippen molar-refractivity contribution in [2.45, 2.75) is 63.8 Å². The summed E-state index contributed by atoms with van der Waals surface area (Å²) in [4.78, 5) is 31.2. The van der Waals surface area contributed by atoms with Gasteiger partial charge in [0.2, 0.25) is 5.91 Å². The average Bonchev–Trinajstić information content (AvgIpc) is 3.63. The number of thiophene rings is 1. The first-order valence-electron chi connectivity index (χ1n) is 12.2. The van der Waals surface area contributed by atoms with Gasteiger partial charge in [-0.1, -0.05) is 6.07 Å². The number of carbonyl (C=O) groups is 1. The van der Waals surface area contributed by atoms with Crippen LogP contribution in [0.1, 0.15) is 66.3 Å². The smallest absolute Gasteiger partial charge is 0.220 e. The zero-order chi connectivity index (χ0) is 22.4. The molecule has 3 N–H and O–H groups in total. The summed E-state index contributed by atoms with van der Waals surface area (Å²) in [6.07, 6.45) is 10.6. The van der Waals surface area contributed by atoms with Crippen LogP contribution in [0.5, 0.6) is 0 Å². The summed E-state index contributed by atoms with van der Waals surface area (Å²) in [5.74, 6) is 3.30. The molecule has 3 aromatic heterocycles. The number of amides is 1. The fraction of sp³-hybridized carbons (Fsp3) is 0.520. The monoisotopic (exact) mass is 462 g/mol. The molecule has 1 aliphatic heterocycles. The van der Waals surface area contributed by atoms with Gasteiger partial charge in [0, 0.05) is 48.1 Å². The summed E-state index contributed by atoms with van der Waals surface area (Å²) in [5.41, 5.74) is 8.14. The molecule has 172 valence electrons. The van der Waals surface area contributed by atoms with Crippen molar-refractivity contribution < 1.29 is 4.79 Å². The third kappa shape index (κ3) is 4.05. The molecule has 0 unspecified atom stereocenters. The maximum absolute atomic E-state index is 11.6. The van der Waals surface area contributed by atoms with Gasteiger partial charge in [0.1, 0.15) is 22.3 Å². The third-order valence-electron chi connectivity index (χ3n) is 7.29. The minimum atomic E-state index is -0.184. The normalized spacial score (nSPS) is 19.0. The van der Waals surface area contributed by atoms with E-state index in [2.05, 4.69) is 16.3 Å². The van der Waals surface area contributed by atoms with Gasteiger partial charge in [-0.25, -0.2) is 15.0 Å². The Morgan fingerprint density at radius 2 is 1.97 bits per heavy atom. The Morgan fingerprint density at radius 1 is 1.15 bits per heavy atom. The highest BCUT2D eigenvalue weighted by Gasteiger charge is 2.30. The summed E-state index contributed by atoms with van der Waals surface area (Å²) in [6, 6.07) is 4.13. The van der Waals surface area contributed by atoms with Gasteiger partial charge in [-0.15, -0.1) is 11.3 Å². The maximum atomic E-state index is 11.6. The van der Waals surface area contributed by atoms with Crippen LogP contribution in [-0.4, -0.2) is 33.9 Å². The number of anilines is 2. The number of aryl methyl sites for hydroxylation is 2. The molecule has 4 heterocycles. The Balaban J connectivity index is 1.28. The molecule has 1 amide bonds. The van der Waals surface area contributed by atoms with Gasteiger partial charge >= 0.3 is 0 Å². The Bertz CT molecular complexity index is 1200. The number of pyridine rings is 1. The molecule has 3 aliphatic rings. The largest absolute Gasteiger partial charge is 0.369 e. The van der Waals surface area contributed by atoms with Gasteiger partial charge in [-0.2, -0.15) is 0 Å². The second-order valence-electron chi connectivity index (χ2n) is 9.60. The molecule has 0 radical (unpaired) electrons. The van der Waals surface area contributed by atoms with E-state index in [1.165, 1.54) is 47.9 Å². The van der Waals surface area contributed by atoms with Crippen molar-refractivity contribution in [2.75, 3.05) is 23.3 Å². The molecular weight excluding hydrogens is 432 g/mol. The topological polar surface area (TPSA) is 97.0 Å². The molecule has 2 fully saturated rings. The predicted molar refractivity (Wildman–Crippen MR) is 132 cm³/mol. The molecule has 2 aliphatic carbocycles. The van der Waals surface area contributed by atoms with E-state index in [4.69, 9.17) is 20.7 Å². The van der Waals surface area contributed by atoms with Crippen molar-refractivity contribution in [3.63, 3.8) is 0 Å². The Hall–Kier alpha value is -2.74. The third-order valence-corrected chi connectivity index (χ3v) is 8.47. The van der Waals surface area contributed by atoms with Gasteiger partial charge < -0.3 is 16.0 Å². The minimum absolute atomic E-state index is 0.0218. The lowest BCUT2D eigenvalue weighted by atomic mass is 9.96. The zero-order valence-electron chi connectivity index (χ0n) is 18.8. The van der Waals surface area contributed by atoms with Crippen LogP contribution >= 0.6 is 11.3 Å². The standard InChI is InChI=1S/C25H30N6OS/c26-21(32)15-9-12-31(13-10-15)24-17(4-3-11-27-24)14-28-23-20-18-5-1-2-6-19(18)33-25(20)30-22(29-23)16-7-8-16/h3-4,11,15-16H,1-2,5-10,12-14H2,(H2,26,32)(H,28,29,30). The second-order valence-corrected chi connectivity index (χ2v) is 10.7. The van der Waals surface area contributed by atoms with Crippen molar-refractivity contribution in [1.82, 2.24) is 15.0 Å². The Morgan fingerprint density at radius 3 is 2.76 bits per heavy atom. The lowest BCUT2D eigenvalue weighted by molar-refractivity contribution is -0.122. The fourth-order valence-electron chi connectivity index (χ4n) is 5.23. The van der Waals surface area contributed by atoms with Gasteiger partial charge in [0.15, 0.2) is 0 Å². The molecule has 0 atom stereocenters. The van der Waals surface area contributed by atoms with Gasteiger partial charge in [-0.3, -0.25) is 4.79 Å². The van der Waals surface area contributed by atoms with Gasteiger partial charge in [-0.05, 0) is 63.0 Å². The number of nitrogens with one attached hydrogen (secondary N) is 1. The van der Waals surface area contributed by atoms with Crippen molar-refractivity contribution in [3.8, 4) is 0 Å². The summed E-state index contributed by atoms with van der Waals surface area (Å²) in [7, 11) is 0. The highest BCUT2D eigenvalue weighted by atomic mass is 32.1. The van der Waals surface area contributed by atoms with Crippen molar-refractivity contribution >= 4 is 39.1 Å². The van der Waals surface area contributed by atoms with E-state index < -0.39 is 0 Å². The number of rotatable bonds is 6. The number of primary amides is 1. The second kappa shape index (κ2) is 8.56. The molecule has 0 spiro atoms. The molecule has 3 aromatic rings. The highest BCUT2D eigenvalue weighted by molar-refractivity contribution is 7.19. The number of nitrogens with zero attached hydrogens (tertiary/aromatic N) is 4. The zero-order valence-corrected chi connectivity index (χ0v) is 19.7. The van der Waals surface area contributed by atoms with Gasteiger partial charge in [0.25, 0.3) is 0 Å². The fourth-order valence-corrected chi connectivity index (χ4v) is 6.50. The lowest BCUT2D eigenvalue weighted by Crippen LogP contribution is -2.39. The van der Waals surface area contributed by atoms with Crippen LogP contribution in [0.2, 0.25) is 0 Å². The van der Waals surface area contributed by atoms with Crippen LogP contribution < -0.4 is 16.0 Å². The number of piperidine rings is 1. The van der Waals surface area contributed by atoms with E-state index in [1.54, 1.807) is 0 Å². The van der Waals surface area contributed by atoms with Crippen LogP contribution in [0.3, 0.4) is 0 Å². The summed E-state index contributed by atoms with van der Waals surface area (Å²) in [5, 5.41) is 4.93. The van der Waals surface area contributed by atoms with E-state index >= 15 is 0 Å². The van der Waals surface area contributed by atoms with E-state index in [-0.39, 0.29) is 11.8 Å². The number of carbonyl (C=O) groups excluding carboxylic acids is 1. The molecule has 6 rings (SSSR count). The van der Waals surface area contributed by atoms with E-state index in [0.29, 0.717) is 12.5 Å². The Kier molecular flexibility index (Phi) is 5.40. The first kappa shape index (κ1) is 20.8. The molecule has 7 nitrogen and oxygen atoms in total. The van der Waals surface area contributed by atoms with E-state index in [1.807, 2.05) is 23.6 Å². The first-order valence-corrected chi connectivity index (χ1v) is 13.0. The Labute approximate surface area is 197 Å². The quantitative estimate of drug-likeness (QED) is 0.571. The predicted octanol–water partition coefficient (Wildman–Crippen LogP) is 4.16. The molecule has 0 aromatic carbocycles. The minimum Gasteiger partial charge on any atom is -0.369 e. The van der Waals surface area contributed by atoms with E-state index in [9.17, 15) is 4.79 Å². The number of fused-ring (bicyclic) bond motifs is 3. The van der Waals surface area contributed by atoms with Crippen molar-refractivity contribution in [3.05, 3.63) is 40.2 Å². The molecule has 0 bridgehead atoms. The number of hydrogen-bond donors (Lipinski definition) is 2. The molecule has 1 saturated heterocycles. The van der Waals surface area contributed by atoms with Crippen LogP contribution in [0.25, 0.3) is 10.2 Å². The SMILES string of the molecule is NC(=O)C1CCN(c2ncccc2CNc2nc(C3CC3)nc3sc4c(c23)CCCC4)CC1. The van der Waals surface area contributed by atoms with Crippen LogP contribution in [0.15, 0.2) is 18.3 Å². The maximum Gasteiger partial charge on any atom is 0.220 e. The van der Waals surface area contributed by atoms with Crippen LogP contribution in [0, 0.1) is 5.92 Å². The number of nitrogens with two attached hydrogens (primary N) is 1. The lowest BCUT2D eigenvalue weighted by Gasteiger charge is -2.32. The summed E-state index contributed by atoms with van der Waals surface area (Å²) < 4.78 is 0. The highest BCUT2D eigenvalue weighted by Crippen LogP contribution is 2.43. The average molecular weight is 463 g/mol.